The molecule has 0 fully saturated rings. The Morgan fingerprint density at radius 2 is 1.89 bits per heavy atom. The molecular weight excluding hydrogens is 280 g/mol. The van der Waals surface area contributed by atoms with Gasteiger partial charge in [0.1, 0.15) is 10.7 Å². The SMILES string of the molecule is COc1ccc(Nc2cccc(Cl)c2C(N)=S)cc1. The second-order valence-electron chi connectivity index (χ2n) is 3.88. The van der Waals surface area contributed by atoms with Crippen molar-refractivity contribution in [2.45, 2.75) is 0 Å². The lowest BCUT2D eigenvalue weighted by Crippen LogP contribution is -2.12. The van der Waals surface area contributed by atoms with Gasteiger partial charge in [-0.2, -0.15) is 0 Å². The molecule has 0 spiro atoms. The molecule has 2 rings (SSSR count). The number of nitrogens with one attached hydrogen (secondary N) is 1. The third-order valence-electron chi connectivity index (χ3n) is 2.63. The third-order valence-corrected chi connectivity index (χ3v) is 3.15. The Labute approximate surface area is 122 Å². The number of rotatable bonds is 4. The van der Waals surface area contributed by atoms with Crippen molar-refractivity contribution in [1.82, 2.24) is 0 Å². The average molecular weight is 293 g/mol. The zero-order chi connectivity index (χ0) is 13.8. The fourth-order valence-electron chi connectivity index (χ4n) is 1.71. The molecule has 2 aromatic rings. The minimum Gasteiger partial charge on any atom is -0.497 e. The van der Waals surface area contributed by atoms with Crippen molar-refractivity contribution in [3.63, 3.8) is 0 Å². The van der Waals surface area contributed by atoms with E-state index < -0.39 is 0 Å². The molecule has 0 saturated heterocycles. The van der Waals surface area contributed by atoms with E-state index in [4.69, 9.17) is 34.3 Å². The molecule has 0 saturated carbocycles. The van der Waals surface area contributed by atoms with Crippen molar-refractivity contribution in [3.05, 3.63) is 53.1 Å². The molecule has 3 nitrogen and oxygen atoms in total. The predicted molar refractivity (Wildman–Crippen MR) is 83.6 cm³/mol. The molecule has 19 heavy (non-hydrogen) atoms. The van der Waals surface area contributed by atoms with Crippen LogP contribution in [0.2, 0.25) is 5.02 Å². The van der Waals surface area contributed by atoms with E-state index in [0.29, 0.717) is 10.6 Å². The lowest BCUT2D eigenvalue weighted by molar-refractivity contribution is 0.415. The molecule has 0 aromatic heterocycles. The van der Waals surface area contributed by atoms with Crippen molar-refractivity contribution in [3.8, 4) is 5.75 Å². The van der Waals surface area contributed by atoms with Gasteiger partial charge in [-0.3, -0.25) is 0 Å². The number of thiocarbonyl (C=S) groups is 1. The highest BCUT2D eigenvalue weighted by Crippen LogP contribution is 2.27. The van der Waals surface area contributed by atoms with E-state index in [1.165, 1.54) is 0 Å². The molecule has 0 bridgehead atoms. The Bertz CT molecular complexity index is 599. The van der Waals surface area contributed by atoms with Crippen molar-refractivity contribution < 1.29 is 4.74 Å². The molecule has 0 amide bonds. The van der Waals surface area contributed by atoms with Crippen LogP contribution in [0, 0.1) is 0 Å². The van der Waals surface area contributed by atoms with E-state index in [-0.39, 0.29) is 4.99 Å². The standard InChI is InChI=1S/C14H13ClN2OS/c1-18-10-7-5-9(6-8-10)17-12-4-2-3-11(15)13(12)14(16)19/h2-8,17H,1H3,(H2,16,19). The molecular formula is C14H13ClN2OS. The van der Waals surface area contributed by atoms with Crippen LogP contribution in [0.3, 0.4) is 0 Å². The number of nitrogens with two attached hydrogens (primary N) is 1. The smallest absolute Gasteiger partial charge is 0.119 e. The van der Waals surface area contributed by atoms with Gasteiger partial charge in [0.15, 0.2) is 0 Å². The van der Waals surface area contributed by atoms with Crippen LogP contribution < -0.4 is 15.8 Å². The van der Waals surface area contributed by atoms with E-state index >= 15 is 0 Å². The Kier molecular flexibility index (Phi) is 4.24. The molecule has 0 aliphatic heterocycles. The first-order valence-corrected chi connectivity index (χ1v) is 6.40. The van der Waals surface area contributed by atoms with Crippen molar-refractivity contribution in [1.29, 1.82) is 0 Å². The van der Waals surface area contributed by atoms with Crippen molar-refractivity contribution in [2.75, 3.05) is 12.4 Å². The van der Waals surface area contributed by atoms with Crippen LogP contribution in [0.5, 0.6) is 5.75 Å². The summed E-state index contributed by atoms with van der Waals surface area (Å²) >= 11 is 11.1. The van der Waals surface area contributed by atoms with Gasteiger partial charge in [0.25, 0.3) is 0 Å². The Morgan fingerprint density at radius 1 is 1.21 bits per heavy atom. The molecule has 5 heteroatoms. The van der Waals surface area contributed by atoms with Crippen LogP contribution in [0.25, 0.3) is 0 Å². The number of ether oxygens (including phenoxy) is 1. The topological polar surface area (TPSA) is 47.3 Å². The number of hydrogen-bond donors (Lipinski definition) is 2. The van der Waals surface area contributed by atoms with Gasteiger partial charge in [0.2, 0.25) is 0 Å². The third kappa shape index (κ3) is 3.16. The van der Waals surface area contributed by atoms with Gasteiger partial charge in [-0.15, -0.1) is 0 Å². The number of anilines is 2. The summed E-state index contributed by atoms with van der Waals surface area (Å²) in [6, 6.07) is 13.0. The fraction of sp³-hybridized carbons (Fsp3) is 0.0714. The van der Waals surface area contributed by atoms with Crippen LogP contribution in [0.1, 0.15) is 5.56 Å². The Balaban J connectivity index is 2.32. The second kappa shape index (κ2) is 5.91. The summed E-state index contributed by atoms with van der Waals surface area (Å²) in [6.45, 7) is 0. The molecule has 0 aliphatic rings. The fourth-order valence-corrected chi connectivity index (χ4v) is 2.26. The van der Waals surface area contributed by atoms with E-state index in [0.717, 1.165) is 17.1 Å². The highest BCUT2D eigenvalue weighted by atomic mass is 35.5. The number of hydrogen-bond acceptors (Lipinski definition) is 3. The highest BCUT2D eigenvalue weighted by Gasteiger charge is 2.09. The molecule has 0 aliphatic carbocycles. The summed E-state index contributed by atoms with van der Waals surface area (Å²) in [4.78, 5) is 0.265. The first kappa shape index (κ1) is 13.6. The summed E-state index contributed by atoms with van der Waals surface area (Å²) < 4.78 is 5.11. The Hall–Kier alpha value is -1.78. The van der Waals surface area contributed by atoms with E-state index in [1.807, 2.05) is 36.4 Å². The van der Waals surface area contributed by atoms with Crippen LogP contribution in [0.4, 0.5) is 11.4 Å². The number of methoxy groups -OCH3 is 1. The van der Waals surface area contributed by atoms with Crippen molar-refractivity contribution in [2.24, 2.45) is 5.73 Å². The van der Waals surface area contributed by atoms with Gasteiger partial charge >= 0.3 is 0 Å². The normalized spacial score (nSPS) is 10.0. The van der Waals surface area contributed by atoms with E-state index in [2.05, 4.69) is 5.32 Å². The van der Waals surface area contributed by atoms with Gasteiger partial charge in [-0.05, 0) is 36.4 Å². The zero-order valence-electron chi connectivity index (χ0n) is 10.3. The van der Waals surface area contributed by atoms with E-state index in [9.17, 15) is 0 Å². The first-order chi connectivity index (χ1) is 9.11. The molecule has 0 radical (unpaired) electrons. The molecule has 0 heterocycles. The average Bonchev–Trinajstić information content (AvgIpc) is 2.39. The highest BCUT2D eigenvalue weighted by molar-refractivity contribution is 7.80. The minimum atomic E-state index is 0.265. The second-order valence-corrected chi connectivity index (χ2v) is 4.73. The quantitative estimate of drug-likeness (QED) is 0.843. The van der Waals surface area contributed by atoms with Gasteiger partial charge in [0, 0.05) is 5.69 Å². The largest absolute Gasteiger partial charge is 0.497 e. The maximum absolute atomic E-state index is 6.11. The molecule has 2 aromatic carbocycles. The van der Waals surface area contributed by atoms with Crippen LogP contribution >= 0.6 is 23.8 Å². The monoisotopic (exact) mass is 292 g/mol. The number of halogens is 1. The summed E-state index contributed by atoms with van der Waals surface area (Å²) in [5.74, 6) is 0.797. The summed E-state index contributed by atoms with van der Waals surface area (Å²) in [7, 11) is 1.63. The molecule has 3 N–H and O–H groups in total. The minimum absolute atomic E-state index is 0.265. The zero-order valence-corrected chi connectivity index (χ0v) is 11.9. The van der Waals surface area contributed by atoms with Crippen LogP contribution in [-0.2, 0) is 0 Å². The summed E-state index contributed by atoms with van der Waals surface area (Å²) in [5, 5.41) is 3.77. The van der Waals surface area contributed by atoms with Gasteiger partial charge in [0.05, 0.1) is 23.4 Å². The van der Waals surface area contributed by atoms with Crippen LogP contribution in [0.15, 0.2) is 42.5 Å². The molecule has 0 unspecified atom stereocenters. The maximum Gasteiger partial charge on any atom is 0.119 e. The lowest BCUT2D eigenvalue weighted by atomic mass is 10.1. The van der Waals surface area contributed by atoms with Crippen molar-refractivity contribution >= 4 is 40.2 Å². The van der Waals surface area contributed by atoms with Crippen LogP contribution in [-0.4, -0.2) is 12.1 Å². The van der Waals surface area contributed by atoms with Gasteiger partial charge < -0.3 is 15.8 Å². The summed E-state index contributed by atoms with van der Waals surface area (Å²) in [5.41, 5.74) is 8.04. The Morgan fingerprint density at radius 3 is 2.47 bits per heavy atom. The van der Waals surface area contributed by atoms with E-state index in [1.54, 1.807) is 13.2 Å². The molecule has 0 atom stereocenters. The van der Waals surface area contributed by atoms with Gasteiger partial charge in [-0.1, -0.05) is 29.9 Å². The van der Waals surface area contributed by atoms with Gasteiger partial charge in [-0.25, -0.2) is 0 Å². The maximum atomic E-state index is 6.11. The molecule has 98 valence electrons. The lowest BCUT2D eigenvalue weighted by Gasteiger charge is -2.13. The number of benzene rings is 2. The summed E-state index contributed by atoms with van der Waals surface area (Å²) in [6.07, 6.45) is 0. The predicted octanol–water partition coefficient (Wildman–Crippen LogP) is 3.73. The first-order valence-electron chi connectivity index (χ1n) is 5.61.